The van der Waals surface area contributed by atoms with Crippen LogP contribution < -0.4 is 10.9 Å². The van der Waals surface area contributed by atoms with Crippen LogP contribution in [0.3, 0.4) is 0 Å². The van der Waals surface area contributed by atoms with E-state index in [4.69, 9.17) is 9.72 Å². The van der Waals surface area contributed by atoms with E-state index in [1.54, 1.807) is 24.7 Å². The van der Waals surface area contributed by atoms with Crippen molar-refractivity contribution in [2.75, 3.05) is 13.2 Å². The van der Waals surface area contributed by atoms with Crippen LogP contribution >= 0.6 is 0 Å². The summed E-state index contributed by atoms with van der Waals surface area (Å²) in [7, 11) is 1.74. The molecule has 0 saturated carbocycles. The fourth-order valence-corrected chi connectivity index (χ4v) is 4.36. The normalized spacial score (nSPS) is 18.0. The highest BCUT2D eigenvalue weighted by Crippen LogP contribution is 2.28. The number of benzene rings is 1. The minimum Gasteiger partial charge on any atom is -0.480 e. The van der Waals surface area contributed by atoms with Crippen molar-refractivity contribution >= 4 is 17.0 Å². The zero-order valence-corrected chi connectivity index (χ0v) is 19.1. The van der Waals surface area contributed by atoms with E-state index >= 15 is 0 Å². The number of aryl methyl sites for hydroxylation is 2. The summed E-state index contributed by atoms with van der Waals surface area (Å²) in [6, 6.07) is 6.65. The summed E-state index contributed by atoms with van der Waals surface area (Å²) in [6.07, 6.45) is 1.76. The molecule has 0 bridgehead atoms. The number of aromatic nitrogens is 3. The number of rotatable bonds is 8. The molecule has 1 aromatic carbocycles. The van der Waals surface area contributed by atoms with Crippen molar-refractivity contribution in [1.82, 2.24) is 19.4 Å². The van der Waals surface area contributed by atoms with Crippen LogP contribution in [0.15, 0.2) is 35.3 Å². The number of pyridine rings is 1. The Bertz CT molecular complexity index is 1200. The van der Waals surface area contributed by atoms with E-state index in [2.05, 4.69) is 9.88 Å². The molecule has 1 fully saturated rings. The van der Waals surface area contributed by atoms with Crippen molar-refractivity contribution in [1.29, 1.82) is 0 Å². The summed E-state index contributed by atoms with van der Waals surface area (Å²) in [5.74, 6) is 0.0565. The number of aliphatic hydroxyl groups is 1. The summed E-state index contributed by atoms with van der Waals surface area (Å²) in [6.45, 7) is 5.72. The van der Waals surface area contributed by atoms with Gasteiger partial charge in [0.1, 0.15) is 11.9 Å². The minimum atomic E-state index is -1.09. The molecule has 1 aliphatic heterocycles. The summed E-state index contributed by atoms with van der Waals surface area (Å²) in [5, 5.41) is 22.0. The number of hydrogen-bond acceptors (Lipinski definition) is 6. The molecule has 3 N–H and O–H groups in total. The van der Waals surface area contributed by atoms with Crippen molar-refractivity contribution in [2.24, 2.45) is 13.0 Å². The summed E-state index contributed by atoms with van der Waals surface area (Å²) in [4.78, 5) is 28.5. The molecule has 0 aliphatic carbocycles. The van der Waals surface area contributed by atoms with Gasteiger partial charge in [0.2, 0.25) is 0 Å². The lowest BCUT2D eigenvalue weighted by molar-refractivity contribution is -0.142. The number of nitrogens with one attached hydrogen (secondary N) is 1. The van der Waals surface area contributed by atoms with E-state index in [-0.39, 0.29) is 5.56 Å². The second-order valence-electron chi connectivity index (χ2n) is 8.86. The first kappa shape index (κ1) is 23.2. The van der Waals surface area contributed by atoms with E-state index in [0.29, 0.717) is 24.6 Å². The molecular weight excluding hydrogens is 424 g/mol. The van der Waals surface area contributed by atoms with Crippen LogP contribution in [0.4, 0.5) is 0 Å². The van der Waals surface area contributed by atoms with Crippen LogP contribution in [0.2, 0.25) is 0 Å². The number of aliphatic carboxylic acids is 1. The van der Waals surface area contributed by atoms with Crippen LogP contribution in [0, 0.1) is 12.8 Å². The highest BCUT2D eigenvalue weighted by molar-refractivity contribution is 5.81. The van der Waals surface area contributed by atoms with Crippen molar-refractivity contribution in [3.63, 3.8) is 0 Å². The van der Waals surface area contributed by atoms with Gasteiger partial charge in [-0.3, -0.25) is 14.9 Å². The molecule has 3 atom stereocenters. The summed E-state index contributed by atoms with van der Waals surface area (Å²) < 4.78 is 9.32. The van der Waals surface area contributed by atoms with Crippen LogP contribution in [-0.2, 0) is 29.7 Å². The van der Waals surface area contributed by atoms with Gasteiger partial charge >= 0.3 is 5.97 Å². The van der Waals surface area contributed by atoms with Gasteiger partial charge in [-0.15, -0.1) is 0 Å². The highest BCUT2D eigenvalue weighted by Gasteiger charge is 2.23. The maximum Gasteiger partial charge on any atom is 0.323 e. The van der Waals surface area contributed by atoms with Crippen LogP contribution in [0.25, 0.3) is 22.4 Å². The molecule has 3 aromatic rings. The number of aliphatic hydroxyl groups excluding tert-OH is 1. The highest BCUT2D eigenvalue weighted by atomic mass is 16.5. The summed E-state index contributed by atoms with van der Waals surface area (Å²) in [5.41, 5.74) is 4.13. The number of carboxylic acid groups (broad SMARTS) is 1. The SMILES string of the molecule is Cc1cc(-c2nc3ccc(CN[C@H](C(=O)O)[C@@H](C)O)cc3n2C[C@@H]2CCOC2)cn(C)c1=O. The molecular formula is C24H30N4O5. The lowest BCUT2D eigenvalue weighted by Gasteiger charge is -2.17. The van der Waals surface area contributed by atoms with Gasteiger partial charge in [0.15, 0.2) is 0 Å². The lowest BCUT2D eigenvalue weighted by Crippen LogP contribution is -2.44. The Balaban J connectivity index is 1.75. The van der Waals surface area contributed by atoms with Crippen molar-refractivity contribution in [3.05, 3.63) is 51.9 Å². The zero-order chi connectivity index (χ0) is 23.7. The largest absolute Gasteiger partial charge is 0.480 e. The van der Waals surface area contributed by atoms with Gasteiger partial charge in [-0.2, -0.15) is 0 Å². The fraction of sp³-hybridized carbons (Fsp3) is 0.458. The first-order chi connectivity index (χ1) is 15.7. The Labute approximate surface area is 191 Å². The van der Waals surface area contributed by atoms with Crippen molar-refractivity contribution in [3.8, 4) is 11.4 Å². The second-order valence-corrected chi connectivity index (χ2v) is 8.86. The van der Waals surface area contributed by atoms with Crippen molar-refractivity contribution < 1.29 is 19.7 Å². The van der Waals surface area contributed by atoms with E-state index < -0.39 is 18.1 Å². The molecule has 1 aliphatic rings. The van der Waals surface area contributed by atoms with E-state index in [0.717, 1.165) is 47.6 Å². The molecule has 0 amide bonds. The third kappa shape index (κ3) is 4.85. The second kappa shape index (κ2) is 9.46. The number of carboxylic acids is 1. The van der Waals surface area contributed by atoms with Crippen LogP contribution in [0.1, 0.15) is 24.5 Å². The Kier molecular flexibility index (Phi) is 6.64. The Morgan fingerprint density at radius 1 is 1.36 bits per heavy atom. The molecule has 33 heavy (non-hydrogen) atoms. The molecule has 0 unspecified atom stereocenters. The summed E-state index contributed by atoms with van der Waals surface area (Å²) >= 11 is 0. The number of fused-ring (bicyclic) bond motifs is 1. The maximum absolute atomic E-state index is 12.2. The molecule has 1 saturated heterocycles. The number of nitrogens with zero attached hydrogens (tertiary/aromatic N) is 3. The predicted molar refractivity (Wildman–Crippen MR) is 124 cm³/mol. The fourth-order valence-electron chi connectivity index (χ4n) is 4.36. The molecule has 4 rings (SSSR count). The molecule has 0 radical (unpaired) electrons. The number of imidazole rings is 1. The average molecular weight is 455 g/mol. The van der Waals surface area contributed by atoms with Crippen LogP contribution in [0.5, 0.6) is 0 Å². The van der Waals surface area contributed by atoms with E-state index in [1.165, 1.54) is 6.92 Å². The zero-order valence-electron chi connectivity index (χ0n) is 19.1. The van der Waals surface area contributed by atoms with Gasteiger partial charge < -0.3 is 24.1 Å². The van der Waals surface area contributed by atoms with E-state index in [1.807, 2.05) is 24.3 Å². The van der Waals surface area contributed by atoms with Gasteiger partial charge in [0.25, 0.3) is 5.56 Å². The third-order valence-corrected chi connectivity index (χ3v) is 6.17. The monoisotopic (exact) mass is 454 g/mol. The smallest absolute Gasteiger partial charge is 0.323 e. The Morgan fingerprint density at radius 3 is 2.79 bits per heavy atom. The van der Waals surface area contributed by atoms with Crippen molar-refractivity contribution in [2.45, 2.75) is 45.5 Å². The molecule has 9 nitrogen and oxygen atoms in total. The van der Waals surface area contributed by atoms with Gasteiger partial charge in [-0.25, -0.2) is 4.98 Å². The molecule has 3 heterocycles. The molecule has 0 spiro atoms. The quantitative estimate of drug-likeness (QED) is 0.474. The first-order valence-electron chi connectivity index (χ1n) is 11.1. The van der Waals surface area contributed by atoms with E-state index in [9.17, 15) is 19.8 Å². The minimum absolute atomic E-state index is 0.0370. The number of carbonyl (C=O) groups is 1. The third-order valence-electron chi connectivity index (χ3n) is 6.17. The van der Waals surface area contributed by atoms with Gasteiger partial charge in [-0.05, 0) is 44.0 Å². The first-order valence-corrected chi connectivity index (χ1v) is 11.1. The van der Waals surface area contributed by atoms with Gasteiger partial charge in [0, 0.05) is 50.0 Å². The average Bonchev–Trinajstić information content (AvgIpc) is 3.40. The number of ether oxygens (including phenoxy) is 1. The molecule has 9 heteroatoms. The Hall–Kier alpha value is -3.01. The van der Waals surface area contributed by atoms with Crippen LogP contribution in [-0.4, -0.2) is 55.7 Å². The van der Waals surface area contributed by atoms with Gasteiger partial charge in [0.05, 0.1) is 23.7 Å². The number of hydrogen-bond donors (Lipinski definition) is 3. The predicted octanol–water partition coefficient (Wildman–Crippen LogP) is 1.67. The Morgan fingerprint density at radius 2 is 2.15 bits per heavy atom. The van der Waals surface area contributed by atoms with Gasteiger partial charge in [-0.1, -0.05) is 6.07 Å². The topological polar surface area (TPSA) is 119 Å². The lowest BCUT2D eigenvalue weighted by atomic mass is 10.1. The molecule has 2 aromatic heterocycles. The standard InChI is InChI=1S/C24H30N4O5/c1-14-8-18(12-27(3)23(14)30)22-26-19-5-4-16(10-25-21(15(2)29)24(31)32)9-20(19)28(22)11-17-6-7-33-13-17/h4-5,8-9,12,15,17,21,25,29H,6-7,10-11,13H2,1-3H3,(H,31,32)/t15-,17+,21+/m1/s1. The maximum atomic E-state index is 12.2. The molecule has 176 valence electrons.